The Morgan fingerprint density at radius 2 is 2.29 bits per heavy atom. The number of fused-ring (bicyclic) bond motifs is 1. The van der Waals surface area contributed by atoms with Crippen LogP contribution in [0.5, 0.6) is 0 Å². The molecule has 0 saturated carbocycles. The molecule has 0 aliphatic heterocycles. The molecule has 2 rings (SSSR count). The zero-order valence-electron chi connectivity index (χ0n) is 8.46. The van der Waals surface area contributed by atoms with Crippen molar-refractivity contribution in [3.8, 4) is 0 Å². The van der Waals surface area contributed by atoms with Crippen LogP contribution in [0.15, 0.2) is 18.2 Å². The summed E-state index contributed by atoms with van der Waals surface area (Å²) >= 11 is 2.00. The first-order chi connectivity index (χ1) is 7.99. The van der Waals surface area contributed by atoms with Gasteiger partial charge < -0.3 is 5.73 Å². The van der Waals surface area contributed by atoms with Crippen LogP contribution in [0.1, 0.15) is 0 Å². The quantitative estimate of drug-likeness (QED) is 0.509. The molecule has 2 aromatic rings. The lowest BCUT2D eigenvalue weighted by Crippen LogP contribution is -2.19. The summed E-state index contributed by atoms with van der Waals surface area (Å²) in [5.41, 5.74) is 5.57. The van der Waals surface area contributed by atoms with Gasteiger partial charge in [-0.15, -0.1) is 0 Å². The molecule has 88 valence electrons. The second-order valence-electron chi connectivity index (χ2n) is 3.37. The molecular weight excluding hydrogens is 339 g/mol. The molecule has 0 bridgehead atoms. The molecule has 1 amide bonds. The molecular formula is C9H7IN4O3. The molecule has 17 heavy (non-hydrogen) atoms. The fourth-order valence-electron chi connectivity index (χ4n) is 1.50. The van der Waals surface area contributed by atoms with E-state index in [0.717, 1.165) is 5.39 Å². The van der Waals surface area contributed by atoms with Crippen molar-refractivity contribution in [2.45, 2.75) is 6.54 Å². The van der Waals surface area contributed by atoms with E-state index in [0.29, 0.717) is 9.22 Å². The number of primary amides is 1. The van der Waals surface area contributed by atoms with Crippen LogP contribution in [0.4, 0.5) is 5.69 Å². The van der Waals surface area contributed by atoms with Crippen LogP contribution in [-0.2, 0) is 11.3 Å². The van der Waals surface area contributed by atoms with E-state index in [1.165, 1.54) is 16.8 Å². The Labute approximate surface area is 109 Å². The van der Waals surface area contributed by atoms with Gasteiger partial charge in [0.25, 0.3) is 5.69 Å². The van der Waals surface area contributed by atoms with E-state index in [9.17, 15) is 14.9 Å². The first-order valence-electron chi connectivity index (χ1n) is 4.58. The third-order valence-corrected chi connectivity index (χ3v) is 3.00. The number of nitrogens with two attached hydrogens (primary N) is 1. The van der Waals surface area contributed by atoms with Crippen LogP contribution in [0, 0.1) is 13.8 Å². The molecule has 1 heterocycles. The fourth-order valence-corrected chi connectivity index (χ4v) is 2.22. The largest absolute Gasteiger partial charge is 0.368 e. The summed E-state index contributed by atoms with van der Waals surface area (Å²) in [6.45, 7) is -0.0966. The van der Waals surface area contributed by atoms with Gasteiger partial charge in [0, 0.05) is 17.5 Å². The minimum atomic E-state index is -0.544. The smallest absolute Gasteiger partial charge is 0.271 e. The number of hydrogen-bond acceptors (Lipinski definition) is 4. The van der Waals surface area contributed by atoms with Crippen LogP contribution in [0.25, 0.3) is 10.9 Å². The summed E-state index contributed by atoms with van der Waals surface area (Å²) in [6.07, 6.45) is 0. The number of non-ortho nitro benzene ring substituents is 1. The van der Waals surface area contributed by atoms with E-state index < -0.39 is 10.8 Å². The van der Waals surface area contributed by atoms with Crippen LogP contribution >= 0.6 is 22.6 Å². The number of carbonyl (C=O) groups is 1. The molecule has 0 atom stereocenters. The van der Waals surface area contributed by atoms with E-state index >= 15 is 0 Å². The second kappa shape index (κ2) is 4.28. The normalized spacial score (nSPS) is 10.6. The minimum absolute atomic E-state index is 0.0421. The highest BCUT2D eigenvalue weighted by atomic mass is 127. The van der Waals surface area contributed by atoms with Gasteiger partial charge in [0.2, 0.25) is 5.91 Å². The number of hydrogen-bond donors (Lipinski definition) is 1. The number of nitrogens with zero attached hydrogens (tertiary/aromatic N) is 3. The maximum atomic E-state index is 10.9. The number of carbonyl (C=O) groups excluding carboxylic acids is 1. The Hall–Kier alpha value is -1.71. The standard InChI is InChI=1S/C9H7IN4O3/c10-9-6-2-1-5(14(16)17)3-7(6)13(12-9)4-8(11)15/h1-3H,4H2,(H2,11,15). The number of nitro benzene ring substituents is 1. The predicted molar refractivity (Wildman–Crippen MR) is 68.3 cm³/mol. The summed E-state index contributed by atoms with van der Waals surface area (Å²) in [7, 11) is 0. The molecule has 0 spiro atoms. The lowest BCUT2D eigenvalue weighted by molar-refractivity contribution is -0.384. The van der Waals surface area contributed by atoms with E-state index in [4.69, 9.17) is 5.73 Å². The Morgan fingerprint density at radius 3 is 2.88 bits per heavy atom. The molecule has 0 fully saturated rings. The average molecular weight is 346 g/mol. The van der Waals surface area contributed by atoms with Gasteiger partial charge in [-0.25, -0.2) is 0 Å². The zero-order chi connectivity index (χ0) is 12.6. The average Bonchev–Trinajstić information content (AvgIpc) is 2.54. The first kappa shape index (κ1) is 11.8. The summed E-state index contributed by atoms with van der Waals surface area (Å²) in [5, 5.41) is 15.5. The molecule has 0 unspecified atom stereocenters. The molecule has 2 N–H and O–H groups in total. The van der Waals surface area contributed by atoms with Crippen molar-refractivity contribution in [2.75, 3.05) is 0 Å². The van der Waals surface area contributed by atoms with Crippen molar-refractivity contribution >= 4 is 45.1 Å². The van der Waals surface area contributed by atoms with Gasteiger partial charge in [0.1, 0.15) is 10.2 Å². The highest BCUT2D eigenvalue weighted by Gasteiger charge is 2.14. The van der Waals surface area contributed by atoms with Gasteiger partial charge in [0.15, 0.2) is 0 Å². The Morgan fingerprint density at radius 1 is 1.59 bits per heavy atom. The number of benzene rings is 1. The molecule has 8 heteroatoms. The van der Waals surface area contributed by atoms with E-state index in [2.05, 4.69) is 5.10 Å². The highest BCUT2D eigenvalue weighted by molar-refractivity contribution is 14.1. The van der Waals surface area contributed by atoms with Crippen molar-refractivity contribution < 1.29 is 9.72 Å². The fraction of sp³-hybridized carbons (Fsp3) is 0.111. The van der Waals surface area contributed by atoms with E-state index in [1.54, 1.807) is 6.07 Å². The Bertz CT molecular complexity index is 622. The predicted octanol–water partition coefficient (Wildman–Crippen LogP) is 1.03. The Kier molecular flexibility index (Phi) is 2.96. The lowest BCUT2D eigenvalue weighted by Gasteiger charge is -1.99. The van der Waals surface area contributed by atoms with Crippen molar-refractivity contribution in [3.63, 3.8) is 0 Å². The van der Waals surface area contributed by atoms with Crippen molar-refractivity contribution in [3.05, 3.63) is 32.0 Å². The number of halogens is 1. The maximum absolute atomic E-state index is 10.9. The van der Waals surface area contributed by atoms with Crippen LogP contribution < -0.4 is 5.73 Å². The van der Waals surface area contributed by atoms with Crippen LogP contribution in [0.2, 0.25) is 0 Å². The van der Waals surface area contributed by atoms with Crippen LogP contribution in [-0.4, -0.2) is 20.6 Å². The number of nitro groups is 1. The summed E-state index contributed by atoms with van der Waals surface area (Å²) in [5.74, 6) is -0.544. The summed E-state index contributed by atoms with van der Waals surface area (Å²) in [6, 6.07) is 4.40. The topological polar surface area (TPSA) is 104 Å². The van der Waals surface area contributed by atoms with Crippen molar-refractivity contribution in [1.29, 1.82) is 0 Å². The third-order valence-electron chi connectivity index (χ3n) is 2.21. The molecule has 1 aromatic heterocycles. The third kappa shape index (κ3) is 2.20. The van der Waals surface area contributed by atoms with Crippen molar-refractivity contribution in [2.24, 2.45) is 5.73 Å². The zero-order valence-corrected chi connectivity index (χ0v) is 10.6. The van der Waals surface area contributed by atoms with E-state index in [-0.39, 0.29) is 12.2 Å². The van der Waals surface area contributed by atoms with E-state index in [1.807, 2.05) is 22.6 Å². The van der Waals surface area contributed by atoms with Crippen molar-refractivity contribution in [1.82, 2.24) is 9.78 Å². The highest BCUT2D eigenvalue weighted by Crippen LogP contribution is 2.24. The van der Waals surface area contributed by atoms with Gasteiger partial charge >= 0.3 is 0 Å². The molecule has 0 aliphatic rings. The SMILES string of the molecule is NC(=O)Cn1nc(I)c2ccc([N+](=O)[O-])cc21. The number of rotatable bonds is 3. The molecule has 0 radical (unpaired) electrons. The lowest BCUT2D eigenvalue weighted by atomic mass is 10.2. The first-order valence-corrected chi connectivity index (χ1v) is 5.65. The summed E-state index contributed by atoms with van der Waals surface area (Å²) in [4.78, 5) is 21.0. The van der Waals surface area contributed by atoms with Crippen LogP contribution in [0.3, 0.4) is 0 Å². The molecule has 0 saturated heterocycles. The minimum Gasteiger partial charge on any atom is -0.368 e. The van der Waals surface area contributed by atoms with Gasteiger partial charge in [-0.05, 0) is 28.7 Å². The molecule has 7 nitrogen and oxygen atoms in total. The maximum Gasteiger partial charge on any atom is 0.271 e. The Balaban J connectivity index is 2.64. The molecule has 0 aliphatic carbocycles. The van der Waals surface area contributed by atoms with Gasteiger partial charge in [-0.1, -0.05) is 0 Å². The van der Waals surface area contributed by atoms with Gasteiger partial charge in [-0.3, -0.25) is 19.6 Å². The van der Waals surface area contributed by atoms with Gasteiger partial charge in [-0.2, -0.15) is 5.10 Å². The summed E-state index contributed by atoms with van der Waals surface area (Å²) < 4.78 is 2.04. The molecule has 1 aromatic carbocycles. The number of amides is 1. The number of aromatic nitrogens is 2. The second-order valence-corrected chi connectivity index (χ2v) is 4.40. The monoisotopic (exact) mass is 346 g/mol. The van der Waals surface area contributed by atoms with Gasteiger partial charge in [0.05, 0.1) is 10.4 Å².